The number of methoxy groups -OCH3 is 2. The van der Waals surface area contributed by atoms with Crippen molar-refractivity contribution in [2.75, 3.05) is 14.2 Å². The van der Waals surface area contributed by atoms with Gasteiger partial charge in [0.15, 0.2) is 0 Å². The van der Waals surface area contributed by atoms with Crippen LogP contribution in [0.25, 0.3) is 0 Å². The molecule has 1 fully saturated rings. The maximum atomic E-state index is 11.3. The molecule has 0 aromatic heterocycles. The van der Waals surface area contributed by atoms with E-state index >= 15 is 0 Å². The Morgan fingerprint density at radius 3 is 2.27 bits per heavy atom. The molecule has 1 saturated heterocycles. The lowest BCUT2D eigenvalue weighted by molar-refractivity contribution is -0.174. The molecule has 0 aliphatic carbocycles. The summed E-state index contributed by atoms with van der Waals surface area (Å²) in [5.74, 6) is -1.46. The molecule has 0 amide bonds. The van der Waals surface area contributed by atoms with E-state index in [-0.39, 0.29) is 6.42 Å². The summed E-state index contributed by atoms with van der Waals surface area (Å²) >= 11 is 0. The van der Waals surface area contributed by atoms with E-state index in [4.69, 9.17) is 0 Å². The predicted octanol–water partition coefficient (Wildman–Crippen LogP) is -0.199. The van der Waals surface area contributed by atoms with E-state index < -0.39 is 29.9 Å². The molecule has 15 heavy (non-hydrogen) atoms. The summed E-state index contributed by atoms with van der Waals surface area (Å²) in [5.41, 5.74) is 0. The molecule has 3 atom stereocenters. The third-order valence-corrected chi connectivity index (χ3v) is 2.77. The van der Waals surface area contributed by atoms with Crippen LogP contribution in [0.5, 0.6) is 0 Å². The first kappa shape index (κ1) is 11.9. The minimum atomic E-state index is -0.783. The fourth-order valence-corrected chi connectivity index (χ4v) is 1.80. The first-order valence-electron chi connectivity index (χ1n) is 4.65. The number of esters is 2. The molecule has 86 valence electrons. The third kappa shape index (κ3) is 2.10. The Bertz CT molecular complexity index is 241. The van der Waals surface area contributed by atoms with Gasteiger partial charge in [-0.1, -0.05) is 0 Å². The van der Waals surface area contributed by atoms with Gasteiger partial charge in [-0.25, -0.2) is 0 Å². The van der Waals surface area contributed by atoms with E-state index in [0.29, 0.717) is 0 Å². The van der Waals surface area contributed by atoms with E-state index in [1.54, 1.807) is 6.92 Å². The normalized spacial score (nSPS) is 31.3. The maximum absolute atomic E-state index is 11.3. The number of rotatable bonds is 2. The van der Waals surface area contributed by atoms with Gasteiger partial charge in [0.25, 0.3) is 0 Å². The van der Waals surface area contributed by atoms with E-state index in [1.165, 1.54) is 14.2 Å². The van der Waals surface area contributed by atoms with Crippen LogP contribution in [0.4, 0.5) is 0 Å². The summed E-state index contributed by atoms with van der Waals surface area (Å²) in [7, 11) is 2.52. The summed E-state index contributed by atoms with van der Waals surface area (Å²) in [6.45, 7) is 1.66. The van der Waals surface area contributed by atoms with Crippen molar-refractivity contribution >= 4 is 11.9 Å². The van der Waals surface area contributed by atoms with Crippen LogP contribution in [0.15, 0.2) is 0 Å². The smallest absolute Gasteiger partial charge is 0.325 e. The molecule has 0 radical (unpaired) electrons. The third-order valence-electron chi connectivity index (χ3n) is 2.77. The Hall–Kier alpha value is -1.14. The van der Waals surface area contributed by atoms with Crippen molar-refractivity contribution in [3.05, 3.63) is 0 Å². The van der Waals surface area contributed by atoms with Gasteiger partial charge in [0.1, 0.15) is 6.04 Å². The fourth-order valence-electron chi connectivity index (χ4n) is 1.80. The van der Waals surface area contributed by atoms with Crippen LogP contribution >= 0.6 is 0 Å². The molecule has 0 spiro atoms. The van der Waals surface area contributed by atoms with Crippen LogP contribution in [-0.2, 0) is 19.1 Å². The van der Waals surface area contributed by atoms with Gasteiger partial charge in [-0.3, -0.25) is 9.59 Å². The second kappa shape index (κ2) is 4.59. The summed E-state index contributed by atoms with van der Waals surface area (Å²) in [5, 5.41) is 10.5. The number of hydrogen-bond acceptors (Lipinski definition) is 6. The Balaban J connectivity index is 2.75. The minimum Gasteiger partial charge on any atom is -0.469 e. The lowest BCUT2D eigenvalue weighted by atomic mass is 10.0. The standard InChI is InChI=1S/C9H15NO5/c1-5-6(8(11)14-2)4-7(10(5)13)9(12)15-3/h5-7,13H,4H2,1-3H3/t5-,6-,7+/m1/s1. The number of ether oxygens (including phenoxy) is 2. The molecule has 0 aromatic rings. The summed E-state index contributed by atoms with van der Waals surface area (Å²) in [4.78, 5) is 22.6. The molecule has 0 unspecified atom stereocenters. The van der Waals surface area contributed by atoms with Gasteiger partial charge in [0.2, 0.25) is 0 Å². The number of hydrogen-bond donors (Lipinski definition) is 1. The van der Waals surface area contributed by atoms with Crippen LogP contribution in [-0.4, -0.2) is 48.5 Å². The number of carbonyl (C=O) groups excluding carboxylic acids is 2. The second-order valence-electron chi connectivity index (χ2n) is 3.52. The topological polar surface area (TPSA) is 76.1 Å². The Labute approximate surface area is 87.7 Å². The Kier molecular flexibility index (Phi) is 3.65. The highest BCUT2D eigenvalue weighted by Gasteiger charge is 2.46. The van der Waals surface area contributed by atoms with Crippen molar-refractivity contribution in [3.8, 4) is 0 Å². The van der Waals surface area contributed by atoms with E-state index in [2.05, 4.69) is 9.47 Å². The molecule has 1 aliphatic heterocycles. The lowest BCUT2D eigenvalue weighted by Gasteiger charge is -2.19. The molecule has 1 N–H and O–H groups in total. The minimum absolute atomic E-state index is 0.219. The largest absolute Gasteiger partial charge is 0.469 e. The average Bonchev–Trinajstić information content (AvgIpc) is 2.54. The second-order valence-corrected chi connectivity index (χ2v) is 3.52. The van der Waals surface area contributed by atoms with Gasteiger partial charge >= 0.3 is 11.9 Å². The average molecular weight is 217 g/mol. The van der Waals surface area contributed by atoms with Gasteiger partial charge in [0, 0.05) is 6.04 Å². The summed E-state index contributed by atoms with van der Waals surface area (Å²) in [6.07, 6.45) is 0.219. The van der Waals surface area contributed by atoms with Crippen LogP contribution in [0.1, 0.15) is 13.3 Å². The highest BCUT2D eigenvalue weighted by Crippen LogP contribution is 2.29. The monoisotopic (exact) mass is 217 g/mol. The van der Waals surface area contributed by atoms with Crippen molar-refractivity contribution in [3.63, 3.8) is 0 Å². The van der Waals surface area contributed by atoms with E-state index in [9.17, 15) is 14.8 Å². The van der Waals surface area contributed by atoms with Crippen molar-refractivity contribution < 1.29 is 24.3 Å². The number of nitrogens with zero attached hydrogens (tertiary/aromatic N) is 1. The molecule has 0 aromatic carbocycles. The SMILES string of the molecule is COC(=O)[C@@H]1C[C@@H](C(=O)OC)N(O)[C@@H]1C. The highest BCUT2D eigenvalue weighted by molar-refractivity contribution is 5.80. The van der Waals surface area contributed by atoms with Gasteiger partial charge in [-0.05, 0) is 13.3 Å². The lowest BCUT2D eigenvalue weighted by Crippen LogP contribution is -2.38. The predicted molar refractivity (Wildman–Crippen MR) is 49.0 cm³/mol. The van der Waals surface area contributed by atoms with Crippen molar-refractivity contribution in [2.24, 2.45) is 5.92 Å². The van der Waals surface area contributed by atoms with Crippen LogP contribution in [0, 0.1) is 5.92 Å². The summed E-state index contributed by atoms with van der Waals surface area (Å²) < 4.78 is 9.11. The Morgan fingerprint density at radius 1 is 1.27 bits per heavy atom. The van der Waals surface area contributed by atoms with E-state index in [0.717, 1.165) is 5.06 Å². The zero-order valence-corrected chi connectivity index (χ0v) is 8.97. The molecule has 1 heterocycles. The molecule has 1 aliphatic rings. The number of hydroxylamine groups is 2. The number of carbonyl (C=O) groups is 2. The van der Waals surface area contributed by atoms with Gasteiger partial charge in [0.05, 0.1) is 20.1 Å². The highest BCUT2D eigenvalue weighted by atomic mass is 16.5. The fraction of sp³-hybridized carbons (Fsp3) is 0.778. The molecular weight excluding hydrogens is 202 g/mol. The van der Waals surface area contributed by atoms with Crippen LogP contribution < -0.4 is 0 Å². The van der Waals surface area contributed by atoms with Crippen molar-refractivity contribution in [1.29, 1.82) is 0 Å². The molecule has 6 heteroatoms. The molecule has 1 rings (SSSR count). The van der Waals surface area contributed by atoms with E-state index in [1.807, 2.05) is 0 Å². The zero-order chi connectivity index (χ0) is 11.6. The van der Waals surface area contributed by atoms with Crippen LogP contribution in [0.3, 0.4) is 0 Å². The van der Waals surface area contributed by atoms with Gasteiger partial charge in [-0.2, -0.15) is 5.06 Å². The molecule has 6 nitrogen and oxygen atoms in total. The molecule has 0 bridgehead atoms. The molecule has 0 saturated carbocycles. The first-order valence-corrected chi connectivity index (χ1v) is 4.65. The van der Waals surface area contributed by atoms with Crippen LogP contribution in [0.2, 0.25) is 0 Å². The van der Waals surface area contributed by atoms with Crippen molar-refractivity contribution in [1.82, 2.24) is 5.06 Å². The zero-order valence-electron chi connectivity index (χ0n) is 8.97. The van der Waals surface area contributed by atoms with Crippen molar-refractivity contribution in [2.45, 2.75) is 25.4 Å². The summed E-state index contributed by atoms with van der Waals surface area (Å²) in [6, 6.07) is -1.23. The first-order chi connectivity index (χ1) is 7.02. The van der Waals surface area contributed by atoms with Gasteiger partial charge < -0.3 is 14.7 Å². The Morgan fingerprint density at radius 2 is 1.80 bits per heavy atom. The quantitative estimate of drug-likeness (QED) is 0.645. The van der Waals surface area contributed by atoms with Gasteiger partial charge in [-0.15, -0.1) is 0 Å². The maximum Gasteiger partial charge on any atom is 0.325 e. The molecular formula is C9H15NO5.